The van der Waals surface area contributed by atoms with E-state index in [1.54, 1.807) is 0 Å². The molecule has 2 aromatic rings. The van der Waals surface area contributed by atoms with Crippen molar-refractivity contribution in [3.8, 4) is 0 Å². The van der Waals surface area contributed by atoms with Crippen LogP contribution < -0.4 is 11.1 Å². The first kappa shape index (κ1) is 14.4. The Bertz CT molecular complexity index is 628. The third-order valence-electron chi connectivity index (χ3n) is 3.72. The number of nitrogens with zero attached hydrogens (tertiary/aromatic N) is 2. The first-order valence-corrected chi connectivity index (χ1v) is 7.51. The number of hydrogen-bond acceptors (Lipinski definition) is 5. The van der Waals surface area contributed by atoms with Gasteiger partial charge in [0.05, 0.1) is 30.1 Å². The Hall–Kier alpha value is -1.56. The Balaban J connectivity index is 1.74. The summed E-state index contributed by atoms with van der Waals surface area (Å²) in [5, 5.41) is 4.76. The smallest absolute Gasteiger partial charge is 0.154 e. The molecule has 0 spiro atoms. The average molecular weight is 307 g/mol. The second-order valence-corrected chi connectivity index (χ2v) is 5.45. The molecule has 1 aromatic carbocycles. The summed E-state index contributed by atoms with van der Waals surface area (Å²) >= 11 is 6.12. The molecule has 0 atom stereocenters. The number of ether oxygens (including phenoxy) is 1. The number of benzene rings is 1. The zero-order chi connectivity index (χ0) is 14.7. The number of fused-ring (bicyclic) bond motifs is 1. The lowest BCUT2D eigenvalue weighted by atomic mass is 10.1. The molecule has 3 rings (SSSR count). The van der Waals surface area contributed by atoms with E-state index in [1.807, 2.05) is 24.3 Å². The van der Waals surface area contributed by atoms with Crippen LogP contribution in [0.2, 0.25) is 5.15 Å². The number of nitrogen functional groups attached to an aromatic ring is 1. The number of nitrogens with one attached hydrogen (secondary N) is 1. The van der Waals surface area contributed by atoms with Gasteiger partial charge in [-0.15, -0.1) is 0 Å². The van der Waals surface area contributed by atoms with Gasteiger partial charge >= 0.3 is 0 Å². The number of para-hydroxylation sites is 1. The zero-order valence-corrected chi connectivity index (χ0v) is 12.6. The van der Waals surface area contributed by atoms with Gasteiger partial charge in [0.25, 0.3) is 0 Å². The Labute approximate surface area is 129 Å². The highest BCUT2D eigenvalue weighted by Crippen LogP contribution is 2.32. The molecule has 1 fully saturated rings. The molecule has 2 heterocycles. The van der Waals surface area contributed by atoms with E-state index in [-0.39, 0.29) is 0 Å². The predicted octanol–water partition coefficient (Wildman–Crippen LogP) is 2.21. The first-order valence-electron chi connectivity index (χ1n) is 7.13. The fourth-order valence-corrected chi connectivity index (χ4v) is 2.74. The largest absolute Gasteiger partial charge is 0.395 e. The molecule has 3 N–H and O–H groups in total. The van der Waals surface area contributed by atoms with Crippen LogP contribution in [0.25, 0.3) is 10.9 Å². The molecule has 1 aliphatic heterocycles. The number of rotatable bonds is 4. The number of nitrogens with two attached hydrogens (primary N) is 1. The lowest BCUT2D eigenvalue weighted by molar-refractivity contribution is 0.0398. The molecule has 5 nitrogen and oxygen atoms in total. The molecular formula is C15H19ClN4O. The Morgan fingerprint density at radius 3 is 2.86 bits per heavy atom. The summed E-state index contributed by atoms with van der Waals surface area (Å²) in [4.78, 5) is 6.68. The van der Waals surface area contributed by atoms with E-state index in [0.717, 1.165) is 56.0 Å². The van der Waals surface area contributed by atoms with E-state index in [4.69, 9.17) is 22.1 Å². The molecular weight excluding hydrogens is 288 g/mol. The molecule has 0 amide bonds. The van der Waals surface area contributed by atoms with Crippen molar-refractivity contribution in [2.24, 2.45) is 0 Å². The molecule has 112 valence electrons. The first-order chi connectivity index (χ1) is 10.3. The summed E-state index contributed by atoms with van der Waals surface area (Å²) in [7, 11) is 0. The van der Waals surface area contributed by atoms with E-state index in [2.05, 4.69) is 15.2 Å². The Morgan fingerprint density at radius 2 is 2.05 bits per heavy atom. The highest BCUT2D eigenvalue weighted by atomic mass is 35.5. The van der Waals surface area contributed by atoms with E-state index in [9.17, 15) is 0 Å². The summed E-state index contributed by atoms with van der Waals surface area (Å²) in [6, 6.07) is 7.86. The lowest BCUT2D eigenvalue weighted by Gasteiger charge is -2.26. The van der Waals surface area contributed by atoms with Crippen LogP contribution in [0.3, 0.4) is 0 Å². The lowest BCUT2D eigenvalue weighted by Crippen LogP contribution is -2.39. The normalized spacial score (nSPS) is 16.2. The van der Waals surface area contributed by atoms with Gasteiger partial charge in [-0.05, 0) is 6.07 Å². The molecule has 6 heteroatoms. The summed E-state index contributed by atoms with van der Waals surface area (Å²) in [5.41, 5.74) is 8.32. The van der Waals surface area contributed by atoms with Gasteiger partial charge in [-0.2, -0.15) is 0 Å². The van der Waals surface area contributed by atoms with E-state index >= 15 is 0 Å². The van der Waals surface area contributed by atoms with Gasteiger partial charge in [-0.1, -0.05) is 29.8 Å². The van der Waals surface area contributed by atoms with E-state index in [0.29, 0.717) is 10.8 Å². The quantitative estimate of drug-likeness (QED) is 0.848. The van der Waals surface area contributed by atoms with E-state index in [1.165, 1.54) is 0 Å². The average Bonchev–Trinajstić information content (AvgIpc) is 2.52. The number of aromatic nitrogens is 1. The number of halogens is 1. The standard InChI is InChI=1S/C15H19ClN4O/c16-15-13(17)14(11-3-1-2-4-12(11)19-15)18-5-6-20-7-9-21-10-8-20/h1-4H,5-10,17H2,(H,18,19). The number of hydrogen-bond donors (Lipinski definition) is 2. The maximum Gasteiger partial charge on any atom is 0.154 e. The predicted molar refractivity (Wildman–Crippen MR) is 86.9 cm³/mol. The van der Waals surface area contributed by atoms with Crippen LogP contribution in [0.4, 0.5) is 11.4 Å². The third kappa shape index (κ3) is 3.20. The van der Waals surface area contributed by atoms with Crippen molar-refractivity contribution in [1.82, 2.24) is 9.88 Å². The molecule has 0 aliphatic carbocycles. The maximum atomic E-state index is 6.12. The van der Waals surface area contributed by atoms with Crippen LogP contribution in [0, 0.1) is 0 Å². The van der Waals surface area contributed by atoms with Crippen LogP contribution in [-0.2, 0) is 4.74 Å². The monoisotopic (exact) mass is 306 g/mol. The highest BCUT2D eigenvalue weighted by Gasteiger charge is 2.12. The van der Waals surface area contributed by atoms with Crippen molar-refractivity contribution >= 4 is 33.9 Å². The SMILES string of the molecule is Nc1c(Cl)nc2ccccc2c1NCCN1CCOCC1. The highest BCUT2D eigenvalue weighted by molar-refractivity contribution is 6.33. The second-order valence-electron chi connectivity index (χ2n) is 5.09. The van der Waals surface area contributed by atoms with Crippen molar-refractivity contribution < 1.29 is 4.74 Å². The summed E-state index contributed by atoms with van der Waals surface area (Å²) in [5.74, 6) is 0. The van der Waals surface area contributed by atoms with Crippen molar-refractivity contribution in [3.63, 3.8) is 0 Å². The molecule has 0 saturated carbocycles. The topological polar surface area (TPSA) is 63.4 Å². The Morgan fingerprint density at radius 1 is 1.29 bits per heavy atom. The van der Waals surface area contributed by atoms with Crippen LogP contribution in [0.15, 0.2) is 24.3 Å². The number of morpholine rings is 1. The molecule has 1 saturated heterocycles. The van der Waals surface area contributed by atoms with Crippen molar-refractivity contribution in [1.29, 1.82) is 0 Å². The zero-order valence-electron chi connectivity index (χ0n) is 11.8. The van der Waals surface area contributed by atoms with Gasteiger partial charge in [0.2, 0.25) is 0 Å². The van der Waals surface area contributed by atoms with Crippen molar-refractivity contribution in [3.05, 3.63) is 29.4 Å². The van der Waals surface area contributed by atoms with Crippen LogP contribution in [-0.4, -0.2) is 49.3 Å². The van der Waals surface area contributed by atoms with Gasteiger partial charge in [-0.3, -0.25) is 4.90 Å². The van der Waals surface area contributed by atoms with Crippen molar-refractivity contribution in [2.45, 2.75) is 0 Å². The number of anilines is 2. The number of pyridine rings is 1. The maximum absolute atomic E-state index is 6.12. The molecule has 0 radical (unpaired) electrons. The molecule has 0 bridgehead atoms. The van der Waals surface area contributed by atoms with Crippen LogP contribution >= 0.6 is 11.6 Å². The van der Waals surface area contributed by atoms with E-state index < -0.39 is 0 Å². The minimum atomic E-state index is 0.350. The summed E-state index contributed by atoms with van der Waals surface area (Å²) in [6.07, 6.45) is 0. The van der Waals surface area contributed by atoms with Crippen LogP contribution in [0.5, 0.6) is 0 Å². The molecule has 0 unspecified atom stereocenters. The van der Waals surface area contributed by atoms with Gasteiger partial charge in [0.15, 0.2) is 5.15 Å². The summed E-state index contributed by atoms with van der Waals surface area (Å²) < 4.78 is 5.35. The van der Waals surface area contributed by atoms with Gasteiger partial charge in [-0.25, -0.2) is 4.98 Å². The molecule has 1 aliphatic rings. The minimum Gasteiger partial charge on any atom is -0.395 e. The van der Waals surface area contributed by atoms with Crippen molar-refractivity contribution in [2.75, 3.05) is 50.4 Å². The van der Waals surface area contributed by atoms with Gasteiger partial charge in [0.1, 0.15) is 0 Å². The molecule has 21 heavy (non-hydrogen) atoms. The van der Waals surface area contributed by atoms with Gasteiger partial charge < -0.3 is 15.8 Å². The minimum absolute atomic E-state index is 0.350. The summed E-state index contributed by atoms with van der Waals surface area (Å²) in [6.45, 7) is 5.36. The van der Waals surface area contributed by atoms with Crippen LogP contribution in [0.1, 0.15) is 0 Å². The fourth-order valence-electron chi connectivity index (χ4n) is 2.55. The molecule has 1 aromatic heterocycles. The third-order valence-corrected chi connectivity index (χ3v) is 4.01. The Kier molecular flexibility index (Phi) is 4.43. The van der Waals surface area contributed by atoms with Gasteiger partial charge in [0, 0.05) is 31.6 Å². The second kappa shape index (κ2) is 6.47. The fraction of sp³-hybridized carbons (Fsp3) is 0.400.